The van der Waals surface area contributed by atoms with Crippen LogP contribution in [0.2, 0.25) is 0 Å². The summed E-state index contributed by atoms with van der Waals surface area (Å²) in [4.78, 5) is 15.0. The van der Waals surface area contributed by atoms with Crippen LogP contribution in [0.4, 0.5) is 5.69 Å². The van der Waals surface area contributed by atoms with Gasteiger partial charge in [0.25, 0.3) is 5.91 Å². The Morgan fingerprint density at radius 2 is 1.90 bits per heavy atom. The van der Waals surface area contributed by atoms with Gasteiger partial charge in [0, 0.05) is 16.3 Å². The van der Waals surface area contributed by atoms with Crippen molar-refractivity contribution in [1.29, 1.82) is 5.26 Å². The third-order valence-corrected chi connectivity index (χ3v) is 3.20. The van der Waals surface area contributed by atoms with Gasteiger partial charge in [-0.2, -0.15) is 5.26 Å². The van der Waals surface area contributed by atoms with Gasteiger partial charge in [-0.15, -0.1) is 0 Å². The van der Waals surface area contributed by atoms with Gasteiger partial charge in [0.2, 0.25) is 0 Å². The van der Waals surface area contributed by atoms with Crippen LogP contribution in [0.5, 0.6) is 0 Å². The van der Waals surface area contributed by atoms with Crippen LogP contribution in [0.1, 0.15) is 0 Å². The Morgan fingerprint density at radius 3 is 2.70 bits per heavy atom. The van der Waals surface area contributed by atoms with Gasteiger partial charge < -0.3 is 10.3 Å². The molecule has 0 saturated heterocycles. The average molecular weight is 261 g/mol. The fourth-order valence-electron chi connectivity index (χ4n) is 2.23. The number of rotatable bonds is 2. The number of hydrogen-bond acceptors (Lipinski definition) is 2. The summed E-state index contributed by atoms with van der Waals surface area (Å²) in [6, 6.07) is 15.3. The van der Waals surface area contributed by atoms with Crippen molar-refractivity contribution in [3.63, 3.8) is 0 Å². The minimum Gasteiger partial charge on any atom is -0.353 e. The van der Waals surface area contributed by atoms with Gasteiger partial charge in [0.1, 0.15) is 11.6 Å². The molecule has 1 heterocycles. The minimum atomic E-state index is -0.487. The van der Waals surface area contributed by atoms with Crippen LogP contribution in [-0.4, -0.2) is 10.9 Å². The zero-order chi connectivity index (χ0) is 14.1. The number of nitrogens with zero attached hydrogens (tertiary/aromatic N) is 1. The maximum absolute atomic E-state index is 11.8. The lowest BCUT2D eigenvalue weighted by molar-refractivity contribution is -0.112. The lowest BCUT2D eigenvalue weighted by Gasteiger charge is -2.04. The van der Waals surface area contributed by atoms with Crippen LogP contribution >= 0.6 is 0 Å². The highest BCUT2D eigenvalue weighted by molar-refractivity contribution is 6.15. The van der Waals surface area contributed by atoms with Crippen molar-refractivity contribution >= 4 is 33.4 Å². The number of carbonyl (C=O) groups excluding carboxylic acids is 1. The second kappa shape index (κ2) is 4.56. The number of nitriles is 1. The van der Waals surface area contributed by atoms with E-state index in [9.17, 15) is 4.79 Å². The number of nitrogens with one attached hydrogen (secondary N) is 2. The van der Waals surface area contributed by atoms with Gasteiger partial charge in [0.15, 0.2) is 0 Å². The monoisotopic (exact) mass is 261 g/mol. The minimum absolute atomic E-state index is 0.113. The number of anilines is 1. The van der Waals surface area contributed by atoms with Crippen molar-refractivity contribution in [2.24, 2.45) is 0 Å². The highest BCUT2D eigenvalue weighted by Gasteiger charge is 2.11. The topological polar surface area (TPSA) is 68.7 Å². The first-order valence-electron chi connectivity index (χ1n) is 6.10. The molecule has 0 spiro atoms. The molecule has 4 heteroatoms. The van der Waals surface area contributed by atoms with Crippen LogP contribution in [0.25, 0.3) is 21.8 Å². The van der Waals surface area contributed by atoms with Gasteiger partial charge in [-0.3, -0.25) is 4.79 Å². The maximum atomic E-state index is 11.8. The molecule has 0 aliphatic carbocycles. The second-order valence-corrected chi connectivity index (χ2v) is 4.44. The first-order valence-corrected chi connectivity index (χ1v) is 6.10. The molecule has 1 aromatic heterocycles. The second-order valence-electron chi connectivity index (χ2n) is 4.44. The Hall–Kier alpha value is -3.06. The van der Waals surface area contributed by atoms with Crippen molar-refractivity contribution in [2.75, 3.05) is 5.32 Å². The molecular weight excluding hydrogens is 250 g/mol. The summed E-state index contributed by atoms with van der Waals surface area (Å²) in [5, 5.41) is 13.5. The number of aromatic amines is 1. The number of aromatic nitrogens is 1. The molecule has 0 atom stereocenters. The third kappa shape index (κ3) is 1.82. The van der Waals surface area contributed by atoms with Crippen molar-refractivity contribution < 1.29 is 4.79 Å². The normalized spacial score (nSPS) is 10.3. The fraction of sp³-hybridized carbons (Fsp3) is 0. The third-order valence-electron chi connectivity index (χ3n) is 3.20. The highest BCUT2D eigenvalue weighted by Crippen LogP contribution is 2.30. The van der Waals surface area contributed by atoms with Crippen molar-refractivity contribution in [3.8, 4) is 6.07 Å². The predicted molar refractivity (Wildman–Crippen MR) is 79.2 cm³/mol. The molecule has 2 aromatic carbocycles. The summed E-state index contributed by atoms with van der Waals surface area (Å²) >= 11 is 0. The quantitative estimate of drug-likeness (QED) is 0.548. The molecule has 0 aliphatic rings. The van der Waals surface area contributed by atoms with Crippen molar-refractivity contribution in [1.82, 2.24) is 4.98 Å². The van der Waals surface area contributed by atoms with Crippen LogP contribution in [-0.2, 0) is 4.79 Å². The summed E-state index contributed by atoms with van der Waals surface area (Å²) in [5.74, 6) is -0.487. The molecule has 0 bridgehead atoms. The Morgan fingerprint density at radius 1 is 1.15 bits per heavy atom. The molecule has 20 heavy (non-hydrogen) atoms. The van der Waals surface area contributed by atoms with E-state index in [-0.39, 0.29) is 5.57 Å². The number of H-pyrrole nitrogens is 1. The first kappa shape index (κ1) is 12.0. The predicted octanol–water partition coefficient (Wildman–Crippen LogP) is 3.34. The molecule has 3 aromatic rings. The molecule has 0 aliphatic heterocycles. The maximum Gasteiger partial charge on any atom is 0.265 e. The smallest absolute Gasteiger partial charge is 0.265 e. The van der Waals surface area contributed by atoms with Crippen LogP contribution in [0.3, 0.4) is 0 Å². The largest absolute Gasteiger partial charge is 0.353 e. The number of hydrogen-bond donors (Lipinski definition) is 2. The van der Waals surface area contributed by atoms with Gasteiger partial charge in [-0.1, -0.05) is 36.9 Å². The van der Waals surface area contributed by atoms with Gasteiger partial charge in [-0.25, -0.2) is 0 Å². The fourth-order valence-corrected chi connectivity index (χ4v) is 2.23. The van der Waals surface area contributed by atoms with Crippen LogP contribution in [0, 0.1) is 11.3 Å². The Bertz CT molecular complexity index is 884. The lowest BCUT2D eigenvalue weighted by atomic mass is 10.1. The molecule has 3 rings (SSSR count). The van der Waals surface area contributed by atoms with Gasteiger partial charge >= 0.3 is 0 Å². The zero-order valence-electron chi connectivity index (χ0n) is 10.6. The highest BCUT2D eigenvalue weighted by atomic mass is 16.1. The number of carbonyl (C=O) groups is 1. The van der Waals surface area contributed by atoms with Crippen LogP contribution in [0.15, 0.2) is 54.6 Å². The number of amides is 1. The summed E-state index contributed by atoms with van der Waals surface area (Å²) in [5.41, 5.74) is 2.37. The van der Waals surface area contributed by atoms with E-state index < -0.39 is 5.91 Å². The van der Waals surface area contributed by atoms with Crippen molar-refractivity contribution in [3.05, 3.63) is 54.6 Å². The molecular formula is C16H11N3O. The van der Waals surface area contributed by atoms with E-state index in [1.165, 1.54) is 0 Å². The Labute approximate surface area is 115 Å². The summed E-state index contributed by atoms with van der Waals surface area (Å²) in [7, 11) is 0. The average Bonchev–Trinajstić information content (AvgIpc) is 2.86. The molecule has 0 saturated carbocycles. The standard InChI is InChI=1S/C16H11N3O/c1-10(9-17)16(20)19-14-8-4-6-12-11-5-2-3-7-13(11)18-15(12)14/h2-8,18H,1H2,(H,19,20). The number of benzene rings is 2. The summed E-state index contributed by atoms with van der Waals surface area (Å²) in [6.45, 7) is 3.41. The molecule has 0 fully saturated rings. The van der Waals surface area contributed by atoms with Crippen LogP contribution < -0.4 is 5.32 Å². The summed E-state index contributed by atoms with van der Waals surface area (Å²) in [6.07, 6.45) is 0. The molecule has 0 unspecified atom stereocenters. The van der Waals surface area contributed by atoms with E-state index in [4.69, 9.17) is 5.26 Å². The molecule has 2 N–H and O–H groups in total. The number of para-hydroxylation sites is 2. The van der Waals surface area contributed by atoms with Crippen molar-refractivity contribution in [2.45, 2.75) is 0 Å². The Kier molecular flexibility index (Phi) is 2.73. The molecule has 4 nitrogen and oxygen atoms in total. The lowest BCUT2D eigenvalue weighted by Crippen LogP contribution is -2.12. The van der Waals surface area contributed by atoms with E-state index >= 15 is 0 Å². The Balaban J connectivity index is 2.15. The first-order chi connectivity index (χ1) is 9.70. The van der Waals surface area contributed by atoms with E-state index in [2.05, 4.69) is 16.9 Å². The molecule has 1 amide bonds. The zero-order valence-corrected chi connectivity index (χ0v) is 10.6. The van der Waals surface area contributed by atoms with E-state index in [0.717, 1.165) is 21.8 Å². The summed E-state index contributed by atoms with van der Waals surface area (Å²) < 4.78 is 0. The number of fused-ring (bicyclic) bond motifs is 3. The van der Waals surface area contributed by atoms with Gasteiger partial charge in [-0.05, 0) is 12.1 Å². The SMILES string of the molecule is C=C(C#N)C(=O)Nc1cccc2c1[nH]c1ccccc12. The van der Waals surface area contributed by atoms with Gasteiger partial charge in [0.05, 0.1) is 11.2 Å². The molecule has 96 valence electrons. The van der Waals surface area contributed by atoms with E-state index in [1.807, 2.05) is 36.4 Å². The van der Waals surface area contributed by atoms with E-state index in [1.54, 1.807) is 12.1 Å². The van der Waals surface area contributed by atoms with E-state index in [0.29, 0.717) is 5.69 Å². The molecule has 0 radical (unpaired) electrons.